The summed E-state index contributed by atoms with van der Waals surface area (Å²) >= 11 is 0. The molecular weight excluding hydrogens is 378 g/mol. The second kappa shape index (κ2) is 14.1. The van der Waals surface area contributed by atoms with Crippen LogP contribution in [0.25, 0.3) is 0 Å². The van der Waals surface area contributed by atoms with E-state index in [0.29, 0.717) is 0 Å². The standard InChI is InChI=1S/C25H49NO4/c1-7-8-9-10-11-12-13-14-15-16-17-18-19-20-21-24(2,3)26(5,6)25(4,22(27)28)23(29)30/h7-21H2,1-6H3,(H-,27,28,29,30). The van der Waals surface area contributed by atoms with Gasteiger partial charge in [-0.2, -0.15) is 0 Å². The molecule has 0 amide bonds. The second-order valence-electron chi connectivity index (χ2n) is 10.3. The lowest BCUT2D eigenvalue weighted by molar-refractivity contribution is -0.968. The SMILES string of the molecule is CCCCCCCCCCCCCCCCC(C)(C)[N+](C)(C)C(C)(C(=O)[O-])C(=O)O. The minimum absolute atomic E-state index is 0.143. The lowest BCUT2D eigenvalue weighted by Crippen LogP contribution is -2.76. The topological polar surface area (TPSA) is 77.4 Å². The van der Waals surface area contributed by atoms with Crippen LogP contribution in [-0.2, 0) is 9.59 Å². The molecule has 1 N–H and O–H groups in total. The van der Waals surface area contributed by atoms with Crippen molar-refractivity contribution >= 4 is 11.9 Å². The highest BCUT2D eigenvalue weighted by molar-refractivity contribution is 6.00. The molecule has 5 nitrogen and oxygen atoms in total. The molecule has 0 bridgehead atoms. The van der Waals surface area contributed by atoms with Crippen LogP contribution in [0.5, 0.6) is 0 Å². The Bertz CT molecular complexity index is 485. The maximum Gasteiger partial charge on any atom is 0.371 e. The minimum Gasteiger partial charge on any atom is -0.543 e. The van der Waals surface area contributed by atoms with E-state index in [-0.39, 0.29) is 4.48 Å². The summed E-state index contributed by atoms with van der Waals surface area (Å²) in [5.74, 6) is -2.88. The predicted octanol–water partition coefficient (Wildman–Crippen LogP) is 5.31. The Kier molecular flexibility index (Phi) is 13.5. The maximum atomic E-state index is 11.7. The van der Waals surface area contributed by atoms with Gasteiger partial charge < -0.3 is 19.5 Å². The number of likely N-dealkylation sites (N-methyl/N-ethyl adjacent to an activating group) is 1. The number of hydrogen-bond donors (Lipinski definition) is 1. The summed E-state index contributed by atoms with van der Waals surface area (Å²) in [5.41, 5.74) is -2.45. The highest BCUT2D eigenvalue weighted by Crippen LogP contribution is 2.35. The van der Waals surface area contributed by atoms with E-state index in [2.05, 4.69) is 6.92 Å². The zero-order valence-corrected chi connectivity index (χ0v) is 20.7. The van der Waals surface area contributed by atoms with Gasteiger partial charge in [0.25, 0.3) is 0 Å². The molecule has 178 valence electrons. The first-order valence-electron chi connectivity index (χ1n) is 12.2. The zero-order valence-electron chi connectivity index (χ0n) is 20.7. The molecule has 1 atom stereocenters. The Balaban J connectivity index is 4.04. The van der Waals surface area contributed by atoms with Gasteiger partial charge >= 0.3 is 5.97 Å². The first kappa shape index (κ1) is 28.9. The Morgan fingerprint density at radius 2 is 1.07 bits per heavy atom. The van der Waals surface area contributed by atoms with Gasteiger partial charge in [0.05, 0.1) is 19.6 Å². The third kappa shape index (κ3) is 8.56. The molecule has 1 unspecified atom stereocenters. The summed E-state index contributed by atoms with van der Waals surface area (Å²) in [6, 6.07) is 0. The summed E-state index contributed by atoms with van der Waals surface area (Å²) < 4.78 is -0.143. The van der Waals surface area contributed by atoms with Gasteiger partial charge in [-0.3, -0.25) is 0 Å². The molecule has 0 aromatic heterocycles. The van der Waals surface area contributed by atoms with Gasteiger partial charge in [0.1, 0.15) is 5.97 Å². The Hall–Kier alpha value is -1.10. The van der Waals surface area contributed by atoms with Crippen molar-refractivity contribution in [3.8, 4) is 0 Å². The molecular formula is C25H49NO4. The highest BCUT2D eigenvalue weighted by Gasteiger charge is 2.56. The van der Waals surface area contributed by atoms with Crippen molar-refractivity contribution in [3.63, 3.8) is 0 Å². The molecule has 0 radical (unpaired) electrons. The monoisotopic (exact) mass is 427 g/mol. The molecule has 0 aromatic carbocycles. The molecule has 0 aliphatic rings. The van der Waals surface area contributed by atoms with Crippen molar-refractivity contribution in [2.45, 2.75) is 135 Å². The Morgan fingerprint density at radius 1 is 0.733 bits per heavy atom. The number of carbonyl (C=O) groups excluding carboxylic acids is 1. The van der Waals surface area contributed by atoms with Crippen molar-refractivity contribution in [1.29, 1.82) is 0 Å². The molecule has 5 heteroatoms. The van der Waals surface area contributed by atoms with Crippen molar-refractivity contribution in [1.82, 2.24) is 0 Å². The lowest BCUT2D eigenvalue weighted by Gasteiger charge is -2.53. The molecule has 0 saturated carbocycles. The normalized spacial score (nSPS) is 14.5. The molecule has 0 aliphatic heterocycles. The molecule has 0 rings (SSSR count). The van der Waals surface area contributed by atoms with E-state index >= 15 is 0 Å². The number of carbonyl (C=O) groups is 2. The van der Waals surface area contributed by atoms with E-state index < -0.39 is 23.0 Å². The Morgan fingerprint density at radius 3 is 1.37 bits per heavy atom. The van der Waals surface area contributed by atoms with Gasteiger partial charge in [0.15, 0.2) is 0 Å². The predicted molar refractivity (Wildman–Crippen MR) is 122 cm³/mol. The highest BCUT2D eigenvalue weighted by atomic mass is 16.4. The lowest BCUT2D eigenvalue weighted by atomic mass is 9.85. The fourth-order valence-corrected chi connectivity index (χ4v) is 4.19. The summed E-state index contributed by atoms with van der Waals surface area (Å²) in [6.07, 6.45) is 18.9. The number of hydrogen-bond acceptors (Lipinski definition) is 3. The molecule has 0 saturated heterocycles. The number of quaternary nitrogens is 1. The fourth-order valence-electron chi connectivity index (χ4n) is 4.19. The van der Waals surface area contributed by atoms with E-state index in [0.717, 1.165) is 19.3 Å². The maximum absolute atomic E-state index is 11.7. The van der Waals surface area contributed by atoms with Gasteiger partial charge in [-0.1, -0.05) is 90.4 Å². The smallest absolute Gasteiger partial charge is 0.371 e. The van der Waals surface area contributed by atoms with E-state index in [9.17, 15) is 19.8 Å². The van der Waals surface area contributed by atoms with Gasteiger partial charge in [0, 0.05) is 13.3 Å². The number of nitrogens with zero attached hydrogens (tertiary/aromatic N) is 1. The zero-order chi connectivity index (χ0) is 23.3. The molecule has 0 fully saturated rings. The molecule has 0 spiro atoms. The third-order valence-corrected chi connectivity index (χ3v) is 7.59. The quantitative estimate of drug-likeness (QED) is 0.172. The molecule has 0 heterocycles. The first-order chi connectivity index (χ1) is 13.9. The number of rotatable bonds is 19. The van der Waals surface area contributed by atoms with Crippen LogP contribution in [0, 0.1) is 0 Å². The summed E-state index contributed by atoms with van der Waals surface area (Å²) in [5, 5.41) is 21.2. The third-order valence-electron chi connectivity index (χ3n) is 7.59. The summed E-state index contributed by atoms with van der Waals surface area (Å²) in [4.78, 5) is 23.4. The fraction of sp³-hybridized carbons (Fsp3) is 0.920. The summed E-state index contributed by atoms with van der Waals surface area (Å²) in [6.45, 7) is 7.43. The van der Waals surface area contributed by atoms with Crippen LogP contribution < -0.4 is 5.11 Å². The summed E-state index contributed by atoms with van der Waals surface area (Å²) in [7, 11) is 3.38. The first-order valence-corrected chi connectivity index (χ1v) is 12.2. The minimum atomic E-state index is -1.97. The number of carboxylic acids is 2. The van der Waals surface area contributed by atoms with Crippen molar-refractivity contribution in [2.75, 3.05) is 14.1 Å². The van der Waals surface area contributed by atoms with Crippen LogP contribution in [0.15, 0.2) is 0 Å². The van der Waals surface area contributed by atoms with E-state index in [1.54, 1.807) is 14.1 Å². The van der Waals surface area contributed by atoms with Gasteiger partial charge in [-0.15, -0.1) is 0 Å². The number of unbranched alkanes of at least 4 members (excludes halogenated alkanes) is 13. The molecule has 0 aromatic rings. The van der Waals surface area contributed by atoms with Gasteiger partial charge in [-0.05, 0) is 20.3 Å². The van der Waals surface area contributed by atoms with Crippen molar-refractivity contribution in [3.05, 3.63) is 0 Å². The molecule has 30 heavy (non-hydrogen) atoms. The van der Waals surface area contributed by atoms with Crippen molar-refractivity contribution in [2.24, 2.45) is 0 Å². The van der Waals surface area contributed by atoms with Crippen LogP contribution in [0.4, 0.5) is 0 Å². The van der Waals surface area contributed by atoms with Crippen LogP contribution in [0.1, 0.15) is 124 Å². The average Bonchev–Trinajstić information content (AvgIpc) is 2.66. The van der Waals surface area contributed by atoms with E-state index in [1.807, 2.05) is 13.8 Å². The molecule has 0 aliphatic carbocycles. The van der Waals surface area contributed by atoms with Gasteiger partial charge in [0.2, 0.25) is 5.54 Å². The largest absolute Gasteiger partial charge is 0.543 e. The van der Waals surface area contributed by atoms with Crippen molar-refractivity contribution < 1.29 is 24.3 Å². The number of aliphatic carboxylic acids is 2. The second-order valence-corrected chi connectivity index (χ2v) is 10.3. The van der Waals surface area contributed by atoms with E-state index in [1.165, 1.54) is 84.0 Å². The van der Waals surface area contributed by atoms with Crippen LogP contribution >= 0.6 is 0 Å². The Labute approximate surface area is 185 Å². The van der Waals surface area contributed by atoms with Gasteiger partial charge in [-0.25, -0.2) is 4.79 Å². The van der Waals surface area contributed by atoms with E-state index in [4.69, 9.17) is 0 Å². The average molecular weight is 428 g/mol. The van der Waals surface area contributed by atoms with Crippen LogP contribution in [0.3, 0.4) is 0 Å². The van der Waals surface area contributed by atoms with Crippen LogP contribution in [-0.4, -0.2) is 46.7 Å². The number of carboxylic acid groups (broad SMARTS) is 2. The van der Waals surface area contributed by atoms with Crippen LogP contribution in [0.2, 0.25) is 0 Å².